The van der Waals surface area contributed by atoms with Crippen LogP contribution in [0.4, 0.5) is 6.01 Å². The van der Waals surface area contributed by atoms with E-state index in [0.717, 1.165) is 25.7 Å². The third-order valence-corrected chi connectivity index (χ3v) is 2.60. The molecule has 0 aliphatic carbocycles. The molecule has 0 aliphatic heterocycles. The molecule has 1 aromatic rings. The summed E-state index contributed by atoms with van der Waals surface area (Å²) < 4.78 is 5.02. The Hall–Kier alpha value is -1.65. The lowest BCUT2D eigenvalue weighted by molar-refractivity contribution is -0.118. The van der Waals surface area contributed by atoms with E-state index in [1.54, 1.807) is 13.0 Å². The summed E-state index contributed by atoms with van der Waals surface area (Å²) in [5.41, 5.74) is 0. The summed E-state index contributed by atoms with van der Waals surface area (Å²) in [5, 5.41) is 3.70. The fourth-order valence-electron chi connectivity index (χ4n) is 1.65. The molecule has 0 aromatic carbocycles. The molecule has 1 heterocycles. The Bertz CT molecular complexity index is 387. The van der Waals surface area contributed by atoms with E-state index in [0.29, 0.717) is 18.8 Å². The fraction of sp³-hybridized carbons (Fsp3) is 0.615. The van der Waals surface area contributed by atoms with Gasteiger partial charge in [0.15, 0.2) is 5.82 Å². The van der Waals surface area contributed by atoms with E-state index >= 15 is 0 Å². The Morgan fingerprint density at radius 2 is 2.22 bits per heavy atom. The van der Waals surface area contributed by atoms with Crippen LogP contribution in [0.15, 0.2) is 17.2 Å². The topological polar surface area (TPSA) is 59.2 Å². The van der Waals surface area contributed by atoms with E-state index in [1.165, 1.54) is 4.90 Å². The lowest BCUT2D eigenvalue weighted by Crippen LogP contribution is -2.31. The van der Waals surface area contributed by atoms with Crippen LogP contribution in [0, 0.1) is 6.92 Å². The summed E-state index contributed by atoms with van der Waals surface area (Å²) >= 11 is 0. The van der Waals surface area contributed by atoms with Crippen LogP contribution in [0.1, 0.15) is 44.9 Å². The number of anilines is 1. The minimum atomic E-state index is 0.00894. The second-order valence-electron chi connectivity index (χ2n) is 4.23. The molecule has 0 atom stereocenters. The minimum absolute atomic E-state index is 0.00894. The van der Waals surface area contributed by atoms with Crippen molar-refractivity contribution in [3.63, 3.8) is 0 Å². The third-order valence-electron chi connectivity index (χ3n) is 2.60. The van der Waals surface area contributed by atoms with Gasteiger partial charge in [-0.15, -0.1) is 6.58 Å². The van der Waals surface area contributed by atoms with Crippen LogP contribution in [0.3, 0.4) is 0 Å². The summed E-state index contributed by atoms with van der Waals surface area (Å²) in [7, 11) is 0. The quantitative estimate of drug-likeness (QED) is 0.526. The molecule has 0 fully saturated rings. The van der Waals surface area contributed by atoms with Crippen molar-refractivity contribution in [1.82, 2.24) is 10.1 Å². The first-order valence-corrected chi connectivity index (χ1v) is 6.40. The summed E-state index contributed by atoms with van der Waals surface area (Å²) in [4.78, 5) is 17.6. The van der Waals surface area contributed by atoms with Crippen molar-refractivity contribution in [2.45, 2.75) is 46.0 Å². The van der Waals surface area contributed by atoms with Gasteiger partial charge in [-0.05, 0) is 13.3 Å². The molecule has 5 nitrogen and oxygen atoms in total. The second-order valence-corrected chi connectivity index (χ2v) is 4.23. The largest absolute Gasteiger partial charge is 0.331 e. The van der Waals surface area contributed by atoms with Gasteiger partial charge in [0.25, 0.3) is 0 Å². The highest BCUT2D eigenvalue weighted by Crippen LogP contribution is 2.14. The summed E-state index contributed by atoms with van der Waals surface area (Å²) in [6, 6.07) is 0.257. The van der Waals surface area contributed by atoms with E-state index in [2.05, 4.69) is 23.6 Å². The predicted molar refractivity (Wildman–Crippen MR) is 70.3 cm³/mol. The first-order chi connectivity index (χ1) is 8.69. The van der Waals surface area contributed by atoms with Crippen LogP contribution >= 0.6 is 0 Å². The van der Waals surface area contributed by atoms with Crippen molar-refractivity contribution in [3.05, 3.63) is 18.5 Å². The number of aromatic nitrogens is 2. The molecular formula is C13H21N3O2. The van der Waals surface area contributed by atoms with Crippen LogP contribution in [0.2, 0.25) is 0 Å². The number of unbranched alkanes of at least 4 members (excludes halogenated alkanes) is 3. The molecule has 0 saturated carbocycles. The van der Waals surface area contributed by atoms with Gasteiger partial charge in [-0.1, -0.05) is 37.4 Å². The third kappa shape index (κ3) is 4.31. The molecule has 0 bridgehead atoms. The highest BCUT2D eigenvalue weighted by molar-refractivity contribution is 5.91. The molecule has 0 aliphatic rings. The molecule has 1 amide bonds. The zero-order valence-electron chi connectivity index (χ0n) is 11.2. The Morgan fingerprint density at radius 3 is 2.78 bits per heavy atom. The summed E-state index contributed by atoms with van der Waals surface area (Å²) in [5.74, 6) is 0.535. The summed E-state index contributed by atoms with van der Waals surface area (Å²) in [6.45, 7) is 7.91. The van der Waals surface area contributed by atoms with Gasteiger partial charge in [0.2, 0.25) is 5.91 Å². The van der Waals surface area contributed by atoms with E-state index < -0.39 is 0 Å². The van der Waals surface area contributed by atoms with Crippen LogP contribution in [-0.4, -0.2) is 22.6 Å². The van der Waals surface area contributed by atoms with Crippen molar-refractivity contribution < 1.29 is 9.32 Å². The molecular weight excluding hydrogens is 230 g/mol. The van der Waals surface area contributed by atoms with Gasteiger partial charge in [-0.3, -0.25) is 9.69 Å². The molecule has 1 aromatic heterocycles. The predicted octanol–water partition coefficient (Wildman–Crippen LogP) is 2.87. The Morgan fingerprint density at radius 1 is 1.44 bits per heavy atom. The number of hydrogen-bond acceptors (Lipinski definition) is 4. The van der Waals surface area contributed by atoms with Crippen LogP contribution in [0.5, 0.6) is 0 Å². The van der Waals surface area contributed by atoms with Gasteiger partial charge in [-0.25, -0.2) is 0 Å². The molecule has 0 radical (unpaired) electrons. The van der Waals surface area contributed by atoms with Gasteiger partial charge >= 0.3 is 6.01 Å². The number of amides is 1. The van der Waals surface area contributed by atoms with Crippen molar-refractivity contribution in [3.8, 4) is 0 Å². The number of carbonyl (C=O) groups is 1. The van der Waals surface area contributed by atoms with Crippen LogP contribution < -0.4 is 4.90 Å². The first-order valence-electron chi connectivity index (χ1n) is 6.40. The van der Waals surface area contributed by atoms with Gasteiger partial charge in [0.1, 0.15) is 0 Å². The molecule has 0 unspecified atom stereocenters. The lowest BCUT2D eigenvalue weighted by atomic mass is 10.1. The minimum Gasteiger partial charge on any atom is -0.315 e. The van der Waals surface area contributed by atoms with Gasteiger partial charge < -0.3 is 4.52 Å². The number of nitrogens with zero attached hydrogens (tertiary/aromatic N) is 3. The standard InChI is InChI=1S/C13H21N3O2/c1-4-6-7-8-9-12(17)16(10-5-2)13-14-11(3)15-18-13/h5H,2,4,6-10H2,1,3H3. The normalized spacial score (nSPS) is 10.3. The van der Waals surface area contributed by atoms with Crippen molar-refractivity contribution >= 4 is 11.9 Å². The second kappa shape index (κ2) is 7.63. The first kappa shape index (κ1) is 14.4. The highest BCUT2D eigenvalue weighted by Gasteiger charge is 2.19. The van der Waals surface area contributed by atoms with Crippen LogP contribution in [-0.2, 0) is 4.79 Å². The van der Waals surface area contributed by atoms with Crippen molar-refractivity contribution in [2.75, 3.05) is 11.4 Å². The Balaban J connectivity index is 2.55. The maximum absolute atomic E-state index is 12.1. The van der Waals surface area contributed by atoms with E-state index in [-0.39, 0.29) is 11.9 Å². The summed E-state index contributed by atoms with van der Waals surface area (Å²) in [6.07, 6.45) is 6.46. The number of hydrogen-bond donors (Lipinski definition) is 0. The maximum atomic E-state index is 12.1. The number of rotatable bonds is 8. The van der Waals surface area contributed by atoms with E-state index in [4.69, 9.17) is 4.52 Å². The smallest absolute Gasteiger partial charge is 0.315 e. The van der Waals surface area contributed by atoms with E-state index in [1.807, 2.05) is 0 Å². The van der Waals surface area contributed by atoms with E-state index in [9.17, 15) is 4.79 Å². The SMILES string of the molecule is C=CCN(C(=O)CCCCCC)c1nc(C)no1. The maximum Gasteiger partial charge on any atom is 0.331 e. The monoisotopic (exact) mass is 251 g/mol. The molecule has 0 N–H and O–H groups in total. The Labute approximate surface area is 108 Å². The molecule has 100 valence electrons. The molecule has 1 rings (SSSR count). The molecule has 0 spiro atoms. The van der Waals surface area contributed by atoms with Gasteiger partial charge in [0.05, 0.1) is 0 Å². The van der Waals surface area contributed by atoms with Crippen molar-refractivity contribution in [2.24, 2.45) is 0 Å². The highest BCUT2D eigenvalue weighted by atomic mass is 16.5. The molecule has 5 heteroatoms. The number of carbonyl (C=O) groups excluding carboxylic acids is 1. The Kier molecular flexibility index (Phi) is 6.11. The zero-order chi connectivity index (χ0) is 13.4. The van der Waals surface area contributed by atoms with Gasteiger partial charge in [-0.2, -0.15) is 4.98 Å². The lowest BCUT2D eigenvalue weighted by Gasteiger charge is -2.15. The molecule has 0 saturated heterocycles. The molecule has 18 heavy (non-hydrogen) atoms. The van der Waals surface area contributed by atoms with Crippen LogP contribution in [0.25, 0.3) is 0 Å². The average molecular weight is 251 g/mol. The zero-order valence-corrected chi connectivity index (χ0v) is 11.2. The van der Waals surface area contributed by atoms with Gasteiger partial charge in [0, 0.05) is 13.0 Å². The van der Waals surface area contributed by atoms with Crippen molar-refractivity contribution in [1.29, 1.82) is 0 Å². The fourth-order valence-corrected chi connectivity index (χ4v) is 1.65. The number of aryl methyl sites for hydroxylation is 1. The average Bonchev–Trinajstić information content (AvgIpc) is 2.78.